The van der Waals surface area contributed by atoms with E-state index in [0.29, 0.717) is 5.56 Å². The number of nitriles is 1. The first-order valence-corrected chi connectivity index (χ1v) is 7.77. The second-order valence-electron chi connectivity index (χ2n) is 4.24. The maximum absolute atomic E-state index is 11.5. The smallest absolute Gasteiger partial charge is 0.241 e. The summed E-state index contributed by atoms with van der Waals surface area (Å²) in [7, 11) is -3.93. The van der Waals surface area contributed by atoms with Crippen LogP contribution in [0.2, 0.25) is 5.02 Å². The molecule has 0 unspecified atom stereocenters. The van der Waals surface area contributed by atoms with Gasteiger partial charge in [0.1, 0.15) is 17.3 Å². The lowest BCUT2D eigenvalue weighted by molar-refractivity contribution is 0.298. The van der Waals surface area contributed by atoms with E-state index >= 15 is 0 Å². The Bertz CT molecular complexity index is 813. The Morgan fingerprint density at radius 2 is 2.00 bits per heavy atom. The van der Waals surface area contributed by atoms with Crippen LogP contribution in [-0.4, -0.2) is 8.42 Å². The fourth-order valence-corrected chi connectivity index (χ4v) is 2.65. The molecule has 0 saturated heterocycles. The minimum Gasteiger partial charge on any atom is -0.487 e. The molecule has 0 fully saturated rings. The number of rotatable bonds is 4. The molecule has 2 aromatic carbocycles. The number of hydrogen-bond acceptors (Lipinski definition) is 4. The molecule has 0 aliphatic rings. The lowest BCUT2D eigenvalue weighted by Gasteiger charge is -2.10. The van der Waals surface area contributed by atoms with Gasteiger partial charge in [-0.25, -0.2) is 13.6 Å². The third-order valence-electron chi connectivity index (χ3n) is 2.66. The van der Waals surface area contributed by atoms with E-state index in [1.54, 1.807) is 24.3 Å². The molecule has 0 aliphatic heterocycles. The highest BCUT2D eigenvalue weighted by atomic mass is 35.5. The molecule has 0 aromatic heterocycles. The molecule has 0 spiro atoms. The summed E-state index contributed by atoms with van der Waals surface area (Å²) in [6.45, 7) is 0.111. The van der Waals surface area contributed by atoms with Crippen molar-refractivity contribution in [3.8, 4) is 11.8 Å². The number of primary sulfonamides is 1. The van der Waals surface area contributed by atoms with Gasteiger partial charge in [0.15, 0.2) is 0 Å². The van der Waals surface area contributed by atoms with Crippen LogP contribution in [-0.2, 0) is 16.6 Å². The van der Waals surface area contributed by atoms with Crippen LogP contribution >= 0.6 is 11.6 Å². The van der Waals surface area contributed by atoms with Crippen LogP contribution in [0.25, 0.3) is 0 Å². The van der Waals surface area contributed by atoms with Crippen molar-refractivity contribution in [3.05, 3.63) is 58.6 Å². The number of nitrogens with two attached hydrogens (primary N) is 1. The molecule has 0 radical (unpaired) electrons. The number of nitrogens with zero attached hydrogens (tertiary/aromatic N) is 1. The Morgan fingerprint density at radius 1 is 1.24 bits per heavy atom. The predicted octanol–water partition coefficient (Wildman–Crippen LogP) is 2.44. The zero-order valence-corrected chi connectivity index (χ0v) is 12.4. The molecule has 2 aromatic rings. The van der Waals surface area contributed by atoms with Gasteiger partial charge in [0.05, 0.1) is 11.6 Å². The molecule has 7 heteroatoms. The highest BCUT2D eigenvalue weighted by Crippen LogP contribution is 2.27. The summed E-state index contributed by atoms with van der Waals surface area (Å²) in [6, 6.07) is 13.0. The fourth-order valence-electron chi connectivity index (χ4n) is 1.72. The van der Waals surface area contributed by atoms with E-state index < -0.39 is 10.0 Å². The molecule has 108 valence electrons. The second-order valence-corrected chi connectivity index (χ2v) is 6.20. The number of halogens is 1. The standard InChI is InChI=1S/C14H11ClN2O3S/c15-12-4-5-13(14(7-12)21(17,18)19)20-9-11-3-1-2-10(6-11)8-16/h1-7H,9H2,(H2,17,18,19). The summed E-state index contributed by atoms with van der Waals surface area (Å²) in [4.78, 5) is -0.175. The molecule has 2 rings (SSSR count). The van der Waals surface area contributed by atoms with Gasteiger partial charge in [-0.2, -0.15) is 5.26 Å². The van der Waals surface area contributed by atoms with Gasteiger partial charge in [0, 0.05) is 5.02 Å². The van der Waals surface area contributed by atoms with Crippen LogP contribution < -0.4 is 9.88 Å². The molecular formula is C14H11ClN2O3S. The predicted molar refractivity (Wildman–Crippen MR) is 78.3 cm³/mol. The van der Waals surface area contributed by atoms with Crippen molar-refractivity contribution < 1.29 is 13.2 Å². The first kappa shape index (κ1) is 15.3. The summed E-state index contributed by atoms with van der Waals surface area (Å²) < 4.78 is 28.5. The van der Waals surface area contributed by atoms with Gasteiger partial charge < -0.3 is 4.74 Å². The van der Waals surface area contributed by atoms with E-state index in [2.05, 4.69) is 0 Å². The molecule has 0 heterocycles. The van der Waals surface area contributed by atoms with Crippen molar-refractivity contribution in [1.82, 2.24) is 0 Å². The molecule has 5 nitrogen and oxygen atoms in total. The number of sulfonamides is 1. The zero-order chi connectivity index (χ0) is 15.5. The number of benzene rings is 2. The topological polar surface area (TPSA) is 93.2 Å². The summed E-state index contributed by atoms with van der Waals surface area (Å²) in [6.07, 6.45) is 0. The second kappa shape index (κ2) is 6.14. The van der Waals surface area contributed by atoms with Crippen LogP contribution in [0.5, 0.6) is 5.75 Å². The van der Waals surface area contributed by atoms with Gasteiger partial charge in [0.2, 0.25) is 10.0 Å². The first-order valence-electron chi connectivity index (χ1n) is 5.84. The van der Waals surface area contributed by atoms with Crippen molar-refractivity contribution in [2.45, 2.75) is 11.5 Å². The minimum absolute atomic E-state index is 0.111. The molecule has 0 atom stereocenters. The van der Waals surface area contributed by atoms with Crippen LogP contribution in [0.3, 0.4) is 0 Å². The molecule has 0 saturated carbocycles. The average molecular weight is 323 g/mol. The van der Waals surface area contributed by atoms with E-state index in [1.165, 1.54) is 18.2 Å². The Labute approximate surface area is 127 Å². The molecule has 21 heavy (non-hydrogen) atoms. The lowest BCUT2D eigenvalue weighted by atomic mass is 10.1. The monoisotopic (exact) mass is 322 g/mol. The molecular weight excluding hydrogens is 312 g/mol. The minimum atomic E-state index is -3.93. The van der Waals surface area contributed by atoms with E-state index in [4.69, 9.17) is 26.7 Å². The Hall–Kier alpha value is -2.07. The highest BCUT2D eigenvalue weighted by molar-refractivity contribution is 7.89. The lowest BCUT2D eigenvalue weighted by Crippen LogP contribution is -2.14. The first-order chi connectivity index (χ1) is 9.90. The average Bonchev–Trinajstić information content (AvgIpc) is 2.45. The van der Waals surface area contributed by atoms with Crippen molar-refractivity contribution in [1.29, 1.82) is 5.26 Å². The van der Waals surface area contributed by atoms with Crippen LogP contribution in [0.4, 0.5) is 0 Å². The third-order valence-corrected chi connectivity index (χ3v) is 3.83. The summed E-state index contributed by atoms with van der Waals surface area (Å²) in [5.41, 5.74) is 1.24. The normalized spacial score (nSPS) is 10.9. The van der Waals surface area contributed by atoms with Crippen molar-refractivity contribution in [2.24, 2.45) is 5.14 Å². The summed E-state index contributed by atoms with van der Waals surface area (Å²) in [5.74, 6) is 0.115. The van der Waals surface area contributed by atoms with Gasteiger partial charge in [0.25, 0.3) is 0 Å². The van der Waals surface area contributed by atoms with Gasteiger partial charge in [-0.15, -0.1) is 0 Å². The molecule has 0 aliphatic carbocycles. The zero-order valence-electron chi connectivity index (χ0n) is 10.8. The SMILES string of the molecule is N#Cc1cccc(COc2ccc(Cl)cc2S(N)(=O)=O)c1. The van der Waals surface area contributed by atoms with Gasteiger partial charge in [-0.05, 0) is 35.9 Å². The van der Waals surface area contributed by atoms with E-state index in [-0.39, 0.29) is 22.3 Å². The van der Waals surface area contributed by atoms with Gasteiger partial charge >= 0.3 is 0 Å². The molecule has 0 bridgehead atoms. The van der Waals surface area contributed by atoms with E-state index in [0.717, 1.165) is 5.56 Å². The summed E-state index contributed by atoms with van der Waals surface area (Å²) in [5, 5.41) is 14.2. The van der Waals surface area contributed by atoms with E-state index in [9.17, 15) is 8.42 Å². The Kier molecular flexibility index (Phi) is 4.48. The number of hydrogen-bond donors (Lipinski definition) is 1. The quantitative estimate of drug-likeness (QED) is 0.935. The van der Waals surface area contributed by atoms with Crippen molar-refractivity contribution in [2.75, 3.05) is 0 Å². The van der Waals surface area contributed by atoms with Gasteiger partial charge in [-0.1, -0.05) is 23.7 Å². The van der Waals surface area contributed by atoms with Crippen LogP contribution in [0.15, 0.2) is 47.4 Å². The molecule has 0 amide bonds. The highest BCUT2D eigenvalue weighted by Gasteiger charge is 2.16. The maximum Gasteiger partial charge on any atom is 0.241 e. The number of ether oxygens (including phenoxy) is 1. The maximum atomic E-state index is 11.5. The fraction of sp³-hybridized carbons (Fsp3) is 0.0714. The van der Waals surface area contributed by atoms with Gasteiger partial charge in [-0.3, -0.25) is 0 Å². The largest absolute Gasteiger partial charge is 0.487 e. The molecule has 2 N–H and O–H groups in total. The Balaban J connectivity index is 2.26. The van der Waals surface area contributed by atoms with Crippen LogP contribution in [0.1, 0.15) is 11.1 Å². The van der Waals surface area contributed by atoms with Crippen LogP contribution in [0, 0.1) is 11.3 Å². The summed E-state index contributed by atoms with van der Waals surface area (Å²) >= 11 is 5.77. The van der Waals surface area contributed by atoms with Crippen molar-refractivity contribution in [3.63, 3.8) is 0 Å². The van der Waals surface area contributed by atoms with Crippen molar-refractivity contribution >= 4 is 21.6 Å². The Morgan fingerprint density at radius 3 is 2.67 bits per heavy atom. The third kappa shape index (κ3) is 3.95. The van der Waals surface area contributed by atoms with E-state index in [1.807, 2.05) is 6.07 Å².